The monoisotopic (exact) mass is 304 g/mol. The van der Waals surface area contributed by atoms with E-state index in [1.165, 1.54) is 6.08 Å². The highest BCUT2D eigenvalue weighted by molar-refractivity contribution is 5.87. The molecule has 0 saturated carbocycles. The van der Waals surface area contributed by atoms with Gasteiger partial charge in [-0.3, -0.25) is 9.59 Å². The number of hydrogen-bond donors (Lipinski definition) is 1. The van der Waals surface area contributed by atoms with E-state index >= 15 is 0 Å². The predicted molar refractivity (Wildman–Crippen MR) is 84.2 cm³/mol. The van der Waals surface area contributed by atoms with Gasteiger partial charge < -0.3 is 14.6 Å². The lowest BCUT2D eigenvalue weighted by Gasteiger charge is -2.31. The van der Waals surface area contributed by atoms with Crippen molar-refractivity contribution >= 4 is 11.8 Å². The van der Waals surface area contributed by atoms with Crippen LogP contribution in [0.3, 0.4) is 0 Å². The molecule has 1 unspecified atom stereocenters. The summed E-state index contributed by atoms with van der Waals surface area (Å²) in [5.74, 6) is 1.65. The van der Waals surface area contributed by atoms with Crippen molar-refractivity contribution in [2.45, 2.75) is 39.7 Å². The van der Waals surface area contributed by atoms with Gasteiger partial charge in [-0.2, -0.15) is 0 Å². The van der Waals surface area contributed by atoms with Gasteiger partial charge in [0.2, 0.25) is 11.8 Å². The molecule has 2 rings (SSSR count). The summed E-state index contributed by atoms with van der Waals surface area (Å²) >= 11 is 0. The van der Waals surface area contributed by atoms with Gasteiger partial charge in [0.25, 0.3) is 0 Å². The van der Waals surface area contributed by atoms with Gasteiger partial charge in [0.15, 0.2) is 0 Å². The number of carbonyl (C=O) groups is 2. The van der Waals surface area contributed by atoms with E-state index in [9.17, 15) is 9.59 Å². The van der Waals surface area contributed by atoms with Gasteiger partial charge in [-0.05, 0) is 45.8 Å². The second-order valence-corrected chi connectivity index (χ2v) is 5.90. The van der Waals surface area contributed by atoms with Gasteiger partial charge in [0.05, 0.1) is 6.04 Å². The van der Waals surface area contributed by atoms with Crippen LogP contribution in [0.1, 0.15) is 42.9 Å². The molecule has 5 heteroatoms. The maximum absolute atomic E-state index is 12.4. The maximum atomic E-state index is 12.4. The Morgan fingerprint density at radius 2 is 2.05 bits per heavy atom. The molecule has 5 nitrogen and oxygen atoms in total. The highest BCUT2D eigenvalue weighted by Crippen LogP contribution is 2.23. The molecule has 1 aliphatic rings. The SMILES string of the molecule is C=CC(=O)N1CCC(C(=O)NC(C)c2cc(C)oc2C)CC1. The average Bonchev–Trinajstić information content (AvgIpc) is 2.85. The zero-order chi connectivity index (χ0) is 16.3. The van der Waals surface area contributed by atoms with Crippen LogP contribution in [0, 0.1) is 19.8 Å². The highest BCUT2D eigenvalue weighted by Gasteiger charge is 2.27. The Hall–Kier alpha value is -2.04. The minimum absolute atomic E-state index is 0.0374. The van der Waals surface area contributed by atoms with Crippen molar-refractivity contribution in [3.05, 3.63) is 35.8 Å². The molecule has 0 spiro atoms. The lowest BCUT2D eigenvalue weighted by Crippen LogP contribution is -2.43. The molecule has 2 heterocycles. The van der Waals surface area contributed by atoms with Crippen LogP contribution in [0.5, 0.6) is 0 Å². The first-order chi connectivity index (χ1) is 10.4. The number of likely N-dealkylation sites (tertiary alicyclic amines) is 1. The zero-order valence-electron chi connectivity index (χ0n) is 13.5. The van der Waals surface area contributed by atoms with Gasteiger partial charge >= 0.3 is 0 Å². The first kappa shape index (κ1) is 16.3. The van der Waals surface area contributed by atoms with Crippen molar-refractivity contribution in [3.8, 4) is 0 Å². The summed E-state index contributed by atoms with van der Waals surface area (Å²) in [5, 5.41) is 3.06. The predicted octanol–water partition coefficient (Wildman–Crippen LogP) is 2.50. The molecule has 22 heavy (non-hydrogen) atoms. The standard InChI is InChI=1S/C17H24N2O3/c1-5-16(20)19-8-6-14(7-9-19)17(21)18-12(3)15-10-11(2)22-13(15)4/h5,10,12,14H,1,6-9H2,2-4H3,(H,18,21). The van der Waals surface area contributed by atoms with Crippen molar-refractivity contribution in [1.82, 2.24) is 10.2 Å². The lowest BCUT2D eigenvalue weighted by atomic mass is 9.95. The Labute approximate surface area is 131 Å². The number of nitrogens with one attached hydrogen (secondary N) is 1. The van der Waals surface area contributed by atoms with Gasteiger partial charge in [-0.15, -0.1) is 0 Å². The fraction of sp³-hybridized carbons (Fsp3) is 0.529. The topological polar surface area (TPSA) is 62.6 Å². The Morgan fingerprint density at radius 1 is 1.41 bits per heavy atom. The third kappa shape index (κ3) is 3.59. The summed E-state index contributed by atoms with van der Waals surface area (Å²) < 4.78 is 5.51. The van der Waals surface area contributed by atoms with Gasteiger partial charge in [0, 0.05) is 24.6 Å². The number of amides is 2. The number of nitrogens with zero attached hydrogens (tertiary/aromatic N) is 1. The first-order valence-corrected chi connectivity index (χ1v) is 7.71. The van der Waals surface area contributed by atoms with Crippen LogP contribution in [0.4, 0.5) is 0 Å². The van der Waals surface area contributed by atoms with Crippen LogP contribution < -0.4 is 5.32 Å². The number of furan rings is 1. The van der Waals surface area contributed by atoms with Crippen LogP contribution in [0.15, 0.2) is 23.1 Å². The highest BCUT2D eigenvalue weighted by atomic mass is 16.3. The Bertz CT molecular complexity index is 568. The number of rotatable bonds is 4. The molecule has 0 radical (unpaired) electrons. The van der Waals surface area contributed by atoms with Crippen molar-refractivity contribution < 1.29 is 14.0 Å². The second kappa shape index (κ2) is 6.81. The van der Waals surface area contributed by atoms with Crippen molar-refractivity contribution in [2.24, 2.45) is 5.92 Å². The molecule has 1 atom stereocenters. The van der Waals surface area contributed by atoms with E-state index in [4.69, 9.17) is 4.42 Å². The van der Waals surface area contributed by atoms with Crippen molar-refractivity contribution in [1.29, 1.82) is 0 Å². The van der Waals surface area contributed by atoms with E-state index in [0.29, 0.717) is 25.9 Å². The summed E-state index contributed by atoms with van der Waals surface area (Å²) in [7, 11) is 0. The van der Waals surface area contributed by atoms with Crippen LogP contribution in [0.2, 0.25) is 0 Å². The van der Waals surface area contributed by atoms with Gasteiger partial charge in [-0.1, -0.05) is 6.58 Å². The summed E-state index contributed by atoms with van der Waals surface area (Å²) in [6.07, 6.45) is 2.72. The molecule has 1 N–H and O–H groups in total. The van der Waals surface area contributed by atoms with Crippen molar-refractivity contribution in [3.63, 3.8) is 0 Å². The average molecular weight is 304 g/mol. The van der Waals surface area contributed by atoms with Crippen LogP contribution in [-0.4, -0.2) is 29.8 Å². The lowest BCUT2D eigenvalue weighted by molar-refractivity contribution is -0.132. The second-order valence-electron chi connectivity index (χ2n) is 5.90. The fourth-order valence-corrected chi connectivity index (χ4v) is 2.98. The van der Waals surface area contributed by atoms with E-state index < -0.39 is 0 Å². The third-order valence-electron chi connectivity index (χ3n) is 4.26. The van der Waals surface area contributed by atoms with E-state index in [1.54, 1.807) is 4.90 Å². The zero-order valence-corrected chi connectivity index (χ0v) is 13.5. The van der Waals surface area contributed by atoms with Crippen LogP contribution >= 0.6 is 0 Å². The Morgan fingerprint density at radius 3 is 2.55 bits per heavy atom. The molecule has 0 aromatic carbocycles. The first-order valence-electron chi connectivity index (χ1n) is 7.71. The number of hydrogen-bond acceptors (Lipinski definition) is 3. The number of piperidine rings is 1. The summed E-state index contributed by atoms with van der Waals surface area (Å²) in [6.45, 7) is 10.5. The molecule has 1 aliphatic heterocycles. The summed E-state index contributed by atoms with van der Waals surface area (Å²) in [5.41, 5.74) is 1.02. The molecular formula is C17H24N2O3. The minimum atomic E-state index is -0.0715. The smallest absolute Gasteiger partial charge is 0.245 e. The van der Waals surface area contributed by atoms with Gasteiger partial charge in [0.1, 0.15) is 11.5 Å². The Balaban J connectivity index is 1.89. The molecule has 120 valence electrons. The molecule has 1 aromatic heterocycles. The normalized spacial score (nSPS) is 17.1. The number of aryl methyl sites for hydroxylation is 2. The van der Waals surface area contributed by atoms with Crippen LogP contribution in [-0.2, 0) is 9.59 Å². The molecule has 1 saturated heterocycles. The van der Waals surface area contributed by atoms with Gasteiger partial charge in [-0.25, -0.2) is 0 Å². The van der Waals surface area contributed by atoms with E-state index in [2.05, 4.69) is 11.9 Å². The van der Waals surface area contributed by atoms with E-state index in [-0.39, 0.29) is 23.8 Å². The quantitative estimate of drug-likeness (QED) is 0.869. The minimum Gasteiger partial charge on any atom is -0.466 e. The van der Waals surface area contributed by atoms with E-state index in [1.807, 2.05) is 26.8 Å². The largest absolute Gasteiger partial charge is 0.466 e. The molecular weight excluding hydrogens is 280 g/mol. The molecule has 1 fully saturated rings. The Kier molecular flexibility index (Phi) is 5.06. The molecule has 0 aliphatic carbocycles. The molecule has 0 bridgehead atoms. The fourth-order valence-electron chi connectivity index (χ4n) is 2.98. The molecule has 1 aromatic rings. The third-order valence-corrected chi connectivity index (χ3v) is 4.26. The van der Waals surface area contributed by atoms with Crippen LogP contribution in [0.25, 0.3) is 0 Å². The van der Waals surface area contributed by atoms with E-state index in [0.717, 1.165) is 17.1 Å². The summed E-state index contributed by atoms with van der Waals surface area (Å²) in [4.78, 5) is 25.7. The van der Waals surface area contributed by atoms with Crippen molar-refractivity contribution in [2.75, 3.05) is 13.1 Å². The number of carbonyl (C=O) groups excluding carboxylic acids is 2. The summed E-state index contributed by atoms with van der Waals surface area (Å²) in [6, 6.07) is 1.89. The molecule has 2 amide bonds. The maximum Gasteiger partial charge on any atom is 0.245 e.